The van der Waals surface area contributed by atoms with Crippen LogP contribution in [0.1, 0.15) is 57.3 Å². The highest BCUT2D eigenvalue weighted by Crippen LogP contribution is 2.37. The zero-order valence-electron chi connectivity index (χ0n) is 18.1. The van der Waals surface area contributed by atoms with Crippen LogP contribution in [-0.4, -0.2) is 39.6 Å². The number of fused-ring (bicyclic) bond motifs is 1. The van der Waals surface area contributed by atoms with Crippen molar-refractivity contribution < 1.29 is 9.53 Å². The van der Waals surface area contributed by atoms with Gasteiger partial charge < -0.3 is 10.1 Å². The van der Waals surface area contributed by atoms with E-state index in [1.807, 2.05) is 50.2 Å². The lowest BCUT2D eigenvalue weighted by Gasteiger charge is -2.37. The molecule has 0 bridgehead atoms. The van der Waals surface area contributed by atoms with Crippen molar-refractivity contribution in [3.05, 3.63) is 60.2 Å². The van der Waals surface area contributed by atoms with E-state index in [1.165, 1.54) is 0 Å². The predicted molar refractivity (Wildman–Crippen MR) is 120 cm³/mol. The van der Waals surface area contributed by atoms with Gasteiger partial charge in [0.25, 0.3) is 0 Å². The Balaban J connectivity index is 1.76. The molecule has 1 N–H and O–H groups in total. The van der Waals surface area contributed by atoms with Crippen molar-refractivity contribution in [3.8, 4) is 0 Å². The minimum Gasteiger partial charge on any atom is -0.446 e. The molecule has 3 atom stereocenters. The molecule has 1 aliphatic carbocycles. The fraction of sp³-hybridized carbons (Fsp3) is 0.458. The molecule has 1 saturated carbocycles. The average Bonchev–Trinajstić information content (AvgIpc) is 2.76. The van der Waals surface area contributed by atoms with Crippen molar-refractivity contribution in [2.24, 2.45) is 22.0 Å². The van der Waals surface area contributed by atoms with E-state index in [-0.39, 0.29) is 30.1 Å². The summed E-state index contributed by atoms with van der Waals surface area (Å²) >= 11 is 0. The summed E-state index contributed by atoms with van der Waals surface area (Å²) in [4.78, 5) is 21.6. The minimum absolute atomic E-state index is 0.0118. The Morgan fingerprint density at radius 2 is 1.58 bits per heavy atom. The van der Waals surface area contributed by atoms with Gasteiger partial charge in [-0.1, -0.05) is 25.0 Å². The van der Waals surface area contributed by atoms with Gasteiger partial charge in [0.1, 0.15) is 6.10 Å². The lowest BCUT2D eigenvalue weighted by Crippen LogP contribution is -2.46. The van der Waals surface area contributed by atoms with Crippen LogP contribution >= 0.6 is 0 Å². The van der Waals surface area contributed by atoms with Crippen LogP contribution in [0.2, 0.25) is 0 Å². The lowest BCUT2D eigenvalue weighted by atomic mass is 9.72. The Morgan fingerprint density at radius 3 is 2.23 bits per heavy atom. The highest BCUT2D eigenvalue weighted by atomic mass is 16.6. The third-order valence-corrected chi connectivity index (χ3v) is 5.79. The summed E-state index contributed by atoms with van der Waals surface area (Å²) in [6, 6.07) is 11.6. The van der Waals surface area contributed by atoms with E-state index in [2.05, 4.69) is 25.5 Å². The summed E-state index contributed by atoms with van der Waals surface area (Å²) in [6.07, 6.45) is 7.77. The third kappa shape index (κ3) is 4.98. The van der Waals surface area contributed by atoms with Gasteiger partial charge in [-0.25, -0.2) is 4.79 Å². The maximum Gasteiger partial charge on any atom is 0.407 e. The molecular weight excluding hydrogens is 390 g/mol. The first-order chi connectivity index (χ1) is 15.1. The van der Waals surface area contributed by atoms with Gasteiger partial charge in [-0.15, -0.1) is 0 Å². The first-order valence-corrected chi connectivity index (χ1v) is 11.1. The van der Waals surface area contributed by atoms with Crippen LogP contribution in [0.4, 0.5) is 4.79 Å². The standard InChI is InChI=1S/C24H29N5O2/c1-16(2)27-24(30)31-20-13-5-3-4-10-17-21(20)23(19-12-7-9-15-26-19)29-28-22(17)18-11-6-8-14-25-18/h6-9,11-12,14-17,20-21H,3-5,10,13H2,1-2H3,(H,27,30). The number of carbonyl (C=O) groups is 1. The summed E-state index contributed by atoms with van der Waals surface area (Å²) in [5, 5.41) is 12.1. The van der Waals surface area contributed by atoms with Gasteiger partial charge in [0.05, 0.1) is 28.7 Å². The molecule has 7 nitrogen and oxygen atoms in total. The van der Waals surface area contributed by atoms with Gasteiger partial charge in [-0.05, 0) is 57.4 Å². The van der Waals surface area contributed by atoms with E-state index in [0.29, 0.717) is 0 Å². The molecule has 162 valence electrons. The van der Waals surface area contributed by atoms with Crippen LogP contribution in [0, 0.1) is 11.8 Å². The van der Waals surface area contributed by atoms with Gasteiger partial charge in [-0.2, -0.15) is 10.2 Å². The van der Waals surface area contributed by atoms with E-state index in [4.69, 9.17) is 4.74 Å². The average molecular weight is 420 g/mol. The summed E-state index contributed by atoms with van der Waals surface area (Å²) in [7, 11) is 0. The second-order valence-corrected chi connectivity index (χ2v) is 8.41. The topological polar surface area (TPSA) is 88.8 Å². The molecule has 3 heterocycles. The second kappa shape index (κ2) is 9.81. The van der Waals surface area contributed by atoms with Gasteiger partial charge in [0, 0.05) is 24.4 Å². The molecular formula is C24H29N5O2. The highest BCUT2D eigenvalue weighted by Gasteiger charge is 2.43. The SMILES string of the molecule is CC(C)NC(=O)OC1CCCCCC2C(c3ccccn3)=NN=C(c3ccccn3)C12. The maximum absolute atomic E-state index is 12.6. The summed E-state index contributed by atoms with van der Waals surface area (Å²) in [5.41, 5.74) is 3.26. The Hall–Kier alpha value is -3.09. The number of hydrogen-bond acceptors (Lipinski definition) is 6. The molecule has 1 aliphatic heterocycles. The zero-order valence-corrected chi connectivity index (χ0v) is 18.1. The number of amides is 1. The van der Waals surface area contributed by atoms with Crippen LogP contribution in [0.15, 0.2) is 59.0 Å². The summed E-state index contributed by atoms with van der Waals surface area (Å²) in [5.74, 6) is -0.0656. The van der Waals surface area contributed by atoms with Crippen LogP contribution < -0.4 is 5.32 Å². The van der Waals surface area contributed by atoms with E-state index in [1.54, 1.807) is 12.4 Å². The smallest absolute Gasteiger partial charge is 0.407 e. The van der Waals surface area contributed by atoms with E-state index in [0.717, 1.165) is 54.9 Å². The largest absolute Gasteiger partial charge is 0.446 e. The summed E-state index contributed by atoms with van der Waals surface area (Å²) < 4.78 is 6.01. The van der Waals surface area contributed by atoms with Crippen LogP contribution in [0.3, 0.4) is 0 Å². The van der Waals surface area contributed by atoms with Crippen LogP contribution in [-0.2, 0) is 4.74 Å². The number of carbonyl (C=O) groups excluding carboxylic acids is 1. The van der Waals surface area contributed by atoms with Crippen molar-refractivity contribution in [3.63, 3.8) is 0 Å². The number of ether oxygens (including phenoxy) is 1. The number of hydrogen-bond donors (Lipinski definition) is 1. The first kappa shape index (κ1) is 21.2. The van der Waals surface area contributed by atoms with Crippen molar-refractivity contribution in [2.45, 2.75) is 58.1 Å². The molecule has 2 aliphatic rings. The van der Waals surface area contributed by atoms with E-state index >= 15 is 0 Å². The van der Waals surface area contributed by atoms with Gasteiger partial charge in [0.2, 0.25) is 0 Å². The monoisotopic (exact) mass is 419 g/mol. The van der Waals surface area contributed by atoms with E-state index < -0.39 is 0 Å². The highest BCUT2D eigenvalue weighted by molar-refractivity contribution is 6.10. The Bertz CT molecular complexity index is 943. The third-order valence-electron chi connectivity index (χ3n) is 5.79. The molecule has 0 radical (unpaired) electrons. The molecule has 1 fully saturated rings. The molecule has 7 heteroatoms. The quantitative estimate of drug-likeness (QED) is 0.796. The van der Waals surface area contributed by atoms with Crippen molar-refractivity contribution in [1.82, 2.24) is 15.3 Å². The summed E-state index contributed by atoms with van der Waals surface area (Å²) in [6.45, 7) is 3.85. The molecule has 0 saturated heterocycles. The Kier molecular flexibility index (Phi) is 6.70. The Morgan fingerprint density at radius 1 is 0.935 bits per heavy atom. The van der Waals surface area contributed by atoms with Gasteiger partial charge in [-0.3, -0.25) is 9.97 Å². The molecule has 4 rings (SSSR count). The molecule has 2 aromatic heterocycles. The maximum atomic E-state index is 12.6. The molecule has 2 aromatic rings. The molecule has 0 spiro atoms. The number of alkyl carbamates (subject to hydrolysis) is 1. The fourth-order valence-corrected chi connectivity index (χ4v) is 4.46. The molecule has 3 unspecified atom stereocenters. The predicted octanol–water partition coefficient (Wildman–Crippen LogP) is 4.38. The first-order valence-electron chi connectivity index (χ1n) is 11.1. The number of rotatable bonds is 4. The molecule has 1 amide bonds. The molecule has 31 heavy (non-hydrogen) atoms. The van der Waals surface area contributed by atoms with Crippen molar-refractivity contribution in [2.75, 3.05) is 0 Å². The van der Waals surface area contributed by atoms with Crippen LogP contribution in [0.5, 0.6) is 0 Å². The minimum atomic E-state index is -0.387. The van der Waals surface area contributed by atoms with Crippen molar-refractivity contribution in [1.29, 1.82) is 0 Å². The van der Waals surface area contributed by atoms with Crippen LogP contribution in [0.25, 0.3) is 0 Å². The fourth-order valence-electron chi connectivity index (χ4n) is 4.46. The van der Waals surface area contributed by atoms with Crippen molar-refractivity contribution >= 4 is 17.5 Å². The zero-order chi connectivity index (χ0) is 21.6. The van der Waals surface area contributed by atoms with Gasteiger partial charge in [0.15, 0.2) is 0 Å². The van der Waals surface area contributed by atoms with Gasteiger partial charge >= 0.3 is 6.09 Å². The number of nitrogens with one attached hydrogen (secondary N) is 1. The second-order valence-electron chi connectivity index (χ2n) is 8.41. The number of nitrogens with zero attached hydrogens (tertiary/aromatic N) is 4. The molecule has 0 aromatic carbocycles. The number of pyridine rings is 2. The lowest BCUT2D eigenvalue weighted by molar-refractivity contribution is 0.0566. The normalized spacial score (nSPS) is 23.6. The Labute approximate surface area is 183 Å². The number of aromatic nitrogens is 2. The van der Waals surface area contributed by atoms with E-state index in [9.17, 15) is 4.79 Å².